The number of anilines is 2. The maximum absolute atomic E-state index is 12.4. The number of carbonyl (C=O) groups is 1. The number of rotatable bonds is 4. The van der Waals surface area contributed by atoms with E-state index in [0.29, 0.717) is 24.7 Å². The Morgan fingerprint density at radius 2 is 1.88 bits per heavy atom. The van der Waals surface area contributed by atoms with Crippen molar-refractivity contribution in [2.24, 2.45) is 5.41 Å². The average molecular weight is 480 g/mol. The maximum atomic E-state index is 12.4. The molecular formula is C23H26ClN9O. The number of hydrogen-bond acceptors (Lipinski definition) is 8. The molecule has 0 atom stereocenters. The minimum absolute atomic E-state index is 0.0547. The fraction of sp³-hybridized carbons (Fsp3) is 0.435. The molecule has 0 bridgehead atoms. The molecule has 0 aliphatic carbocycles. The lowest BCUT2D eigenvalue weighted by Crippen LogP contribution is -2.73. The van der Waals surface area contributed by atoms with Gasteiger partial charge in [0, 0.05) is 69.7 Å². The van der Waals surface area contributed by atoms with E-state index in [1.165, 1.54) is 0 Å². The van der Waals surface area contributed by atoms with E-state index in [1.807, 2.05) is 24.4 Å². The van der Waals surface area contributed by atoms with Crippen molar-refractivity contribution in [1.82, 2.24) is 34.5 Å². The Hall–Kier alpha value is -3.24. The van der Waals surface area contributed by atoms with Crippen LogP contribution in [0.5, 0.6) is 0 Å². The predicted octanol–water partition coefficient (Wildman–Crippen LogP) is 1.44. The van der Waals surface area contributed by atoms with Gasteiger partial charge < -0.3 is 14.7 Å². The van der Waals surface area contributed by atoms with E-state index in [1.54, 1.807) is 31.4 Å². The van der Waals surface area contributed by atoms with E-state index in [0.717, 1.165) is 55.0 Å². The van der Waals surface area contributed by atoms with E-state index in [2.05, 4.69) is 39.4 Å². The lowest BCUT2D eigenvalue weighted by molar-refractivity contribution is -0.130. The molecule has 10 nitrogen and oxygen atoms in total. The van der Waals surface area contributed by atoms with Crippen LogP contribution in [0.25, 0.3) is 5.69 Å². The maximum Gasteiger partial charge on any atom is 0.236 e. The molecule has 0 unspecified atom stereocenters. The van der Waals surface area contributed by atoms with Crippen molar-refractivity contribution in [2.75, 3.05) is 56.6 Å². The van der Waals surface area contributed by atoms with E-state index < -0.39 is 0 Å². The number of amides is 1. The first kappa shape index (κ1) is 21.3. The van der Waals surface area contributed by atoms with Gasteiger partial charge in [-0.15, -0.1) is 10.2 Å². The normalized spacial score (nSPS) is 18.6. The molecule has 6 rings (SSSR count). The van der Waals surface area contributed by atoms with Gasteiger partial charge in [-0.2, -0.15) is 0 Å². The quantitative estimate of drug-likeness (QED) is 0.555. The molecular weight excluding hydrogens is 454 g/mol. The predicted molar refractivity (Wildman–Crippen MR) is 128 cm³/mol. The second kappa shape index (κ2) is 7.92. The van der Waals surface area contributed by atoms with Crippen LogP contribution in [0.2, 0.25) is 5.02 Å². The number of aromatic nitrogens is 5. The number of hydrogen-bond donors (Lipinski definition) is 0. The average Bonchev–Trinajstić information content (AvgIpc) is 3.08. The van der Waals surface area contributed by atoms with Crippen LogP contribution in [0.15, 0.2) is 36.8 Å². The van der Waals surface area contributed by atoms with Gasteiger partial charge in [0.25, 0.3) is 0 Å². The number of likely N-dealkylation sites (N-methyl/N-ethyl adjacent to an activating group) is 1. The molecule has 2 aromatic heterocycles. The summed E-state index contributed by atoms with van der Waals surface area (Å²) in [6.45, 7) is 5.26. The van der Waals surface area contributed by atoms with E-state index in [4.69, 9.17) is 11.6 Å². The fourth-order valence-electron chi connectivity index (χ4n) is 5.19. The fourth-order valence-corrected chi connectivity index (χ4v) is 5.38. The van der Waals surface area contributed by atoms with Gasteiger partial charge in [0.15, 0.2) is 5.82 Å². The van der Waals surface area contributed by atoms with Crippen LogP contribution < -0.4 is 9.80 Å². The Bertz CT molecular complexity index is 1230. The molecule has 1 amide bonds. The zero-order chi connectivity index (χ0) is 23.4. The topological polar surface area (TPSA) is 86.5 Å². The molecule has 5 heterocycles. The zero-order valence-corrected chi connectivity index (χ0v) is 20.0. The minimum Gasteiger partial charge on any atom is -0.354 e. The van der Waals surface area contributed by atoms with Gasteiger partial charge in [0.2, 0.25) is 11.9 Å². The number of carbonyl (C=O) groups excluding carboxylic acids is 1. The van der Waals surface area contributed by atoms with Crippen molar-refractivity contribution in [3.05, 3.63) is 53.2 Å². The highest BCUT2D eigenvalue weighted by molar-refractivity contribution is 6.30. The van der Waals surface area contributed by atoms with Crippen LogP contribution in [-0.2, 0) is 17.9 Å². The standard InChI is InChI=1S/C23H26ClN9O/c1-29(2)21(34)11-30-9-16-7-17(24)3-4-18(16)33-20(10-30)27-28-22(33)32-14-23(15-32)12-31(13-23)19-8-25-5-6-26-19/h3-8H,9-15H2,1-2H3. The highest BCUT2D eigenvalue weighted by Crippen LogP contribution is 2.43. The summed E-state index contributed by atoms with van der Waals surface area (Å²) in [5.74, 6) is 2.67. The molecule has 1 spiro atoms. The molecule has 11 heteroatoms. The molecule has 0 radical (unpaired) electrons. The molecule has 1 aromatic carbocycles. The first-order valence-corrected chi connectivity index (χ1v) is 11.7. The molecule has 2 fully saturated rings. The second-order valence-corrected chi connectivity index (χ2v) is 10.2. The van der Waals surface area contributed by atoms with Crippen molar-refractivity contribution in [3.8, 4) is 5.69 Å². The minimum atomic E-state index is 0.0547. The summed E-state index contributed by atoms with van der Waals surface area (Å²) in [5, 5.41) is 9.80. The number of nitrogens with zero attached hydrogens (tertiary/aromatic N) is 9. The van der Waals surface area contributed by atoms with Crippen LogP contribution in [-0.4, -0.2) is 87.3 Å². The van der Waals surface area contributed by atoms with E-state index in [9.17, 15) is 4.79 Å². The van der Waals surface area contributed by atoms with Gasteiger partial charge >= 0.3 is 0 Å². The van der Waals surface area contributed by atoms with Crippen molar-refractivity contribution < 1.29 is 4.79 Å². The Morgan fingerprint density at radius 1 is 1.09 bits per heavy atom. The van der Waals surface area contributed by atoms with Gasteiger partial charge in [0.05, 0.1) is 25.0 Å². The molecule has 0 saturated carbocycles. The Morgan fingerprint density at radius 3 is 2.62 bits per heavy atom. The summed E-state index contributed by atoms with van der Waals surface area (Å²) < 4.78 is 2.14. The Kier molecular flexibility index (Phi) is 4.96. The third-order valence-electron chi connectivity index (χ3n) is 6.87. The van der Waals surface area contributed by atoms with Gasteiger partial charge in [-0.1, -0.05) is 11.6 Å². The largest absolute Gasteiger partial charge is 0.354 e. The third-order valence-corrected chi connectivity index (χ3v) is 7.11. The lowest BCUT2D eigenvalue weighted by Gasteiger charge is -2.60. The third kappa shape index (κ3) is 3.57. The van der Waals surface area contributed by atoms with E-state index in [-0.39, 0.29) is 11.3 Å². The summed E-state index contributed by atoms with van der Waals surface area (Å²) in [4.78, 5) is 29.3. The van der Waals surface area contributed by atoms with Gasteiger partial charge in [-0.3, -0.25) is 19.2 Å². The van der Waals surface area contributed by atoms with Crippen LogP contribution in [0.3, 0.4) is 0 Å². The van der Waals surface area contributed by atoms with Gasteiger partial charge in [-0.25, -0.2) is 4.98 Å². The van der Waals surface area contributed by atoms with Crippen molar-refractivity contribution in [2.45, 2.75) is 13.1 Å². The smallest absolute Gasteiger partial charge is 0.236 e. The van der Waals surface area contributed by atoms with Crippen LogP contribution in [0, 0.1) is 5.41 Å². The molecule has 176 valence electrons. The van der Waals surface area contributed by atoms with Gasteiger partial charge in [-0.05, 0) is 23.8 Å². The van der Waals surface area contributed by atoms with Gasteiger partial charge in [0.1, 0.15) is 5.82 Å². The number of halogens is 1. The molecule has 34 heavy (non-hydrogen) atoms. The Labute approximate surface area is 202 Å². The number of fused-ring (bicyclic) bond motifs is 3. The zero-order valence-electron chi connectivity index (χ0n) is 19.2. The SMILES string of the molecule is CN(C)C(=O)CN1Cc2cc(Cl)ccc2-n2c(nnc2N2CC3(CN(c4cnccn4)C3)C2)C1. The number of benzene rings is 1. The monoisotopic (exact) mass is 479 g/mol. The lowest BCUT2D eigenvalue weighted by atomic mass is 9.73. The first-order valence-electron chi connectivity index (χ1n) is 11.3. The molecule has 3 aliphatic heterocycles. The second-order valence-electron chi connectivity index (χ2n) is 9.73. The molecule has 2 saturated heterocycles. The van der Waals surface area contributed by atoms with Crippen LogP contribution >= 0.6 is 11.6 Å². The summed E-state index contributed by atoms with van der Waals surface area (Å²) in [6, 6.07) is 5.90. The van der Waals surface area contributed by atoms with Crippen LogP contribution in [0.1, 0.15) is 11.4 Å². The summed E-state index contributed by atoms with van der Waals surface area (Å²) in [5.41, 5.74) is 2.34. The first-order chi connectivity index (χ1) is 16.4. The summed E-state index contributed by atoms with van der Waals surface area (Å²) >= 11 is 6.34. The van der Waals surface area contributed by atoms with Crippen molar-refractivity contribution >= 4 is 29.3 Å². The Balaban J connectivity index is 1.24. The van der Waals surface area contributed by atoms with Crippen LogP contribution in [0.4, 0.5) is 11.8 Å². The highest BCUT2D eigenvalue weighted by atomic mass is 35.5. The molecule has 3 aliphatic rings. The molecule has 3 aromatic rings. The van der Waals surface area contributed by atoms with Crippen molar-refractivity contribution in [3.63, 3.8) is 0 Å². The summed E-state index contributed by atoms with van der Waals surface area (Å²) in [7, 11) is 3.55. The highest BCUT2D eigenvalue weighted by Gasteiger charge is 2.53. The van der Waals surface area contributed by atoms with Crippen molar-refractivity contribution in [1.29, 1.82) is 0 Å². The summed E-state index contributed by atoms with van der Waals surface area (Å²) in [6.07, 6.45) is 5.25. The molecule has 0 N–H and O–H groups in total. The van der Waals surface area contributed by atoms with E-state index >= 15 is 0 Å².